The Balaban J connectivity index is -0.0000000267. The summed E-state index contributed by atoms with van der Waals surface area (Å²) in [6, 6.07) is 0. The van der Waals surface area contributed by atoms with Crippen LogP contribution in [-0.4, -0.2) is 18.1 Å². The largest absolute Gasteiger partial charge is 4.00 e. The molecule has 0 aromatic carbocycles. The van der Waals surface area contributed by atoms with Gasteiger partial charge in [0.2, 0.25) is 0 Å². The molecule has 0 spiro atoms. The molecule has 0 aliphatic carbocycles. The van der Waals surface area contributed by atoms with Crippen LogP contribution in [-0.2, 0) is 52.0 Å². The summed E-state index contributed by atoms with van der Waals surface area (Å²) in [5.74, 6) is 0. The molecule has 0 atom stereocenters. The topological polar surface area (TPSA) is 184 Å². The summed E-state index contributed by atoms with van der Waals surface area (Å²) in [5.41, 5.74) is 0. The molecule has 0 radical (unpaired) electrons. The van der Waals surface area contributed by atoms with Gasteiger partial charge in [0.1, 0.15) is 0 Å². The summed E-state index contributed by atoms with van der Waals surface area (Å²) in [4.78, 5) is 68.6. The van der Waals surface area contributed by atoms with Gasteiger partial charge in [-0.05, 0) is 0 Å². The zero-order valence-electron chi connectivity index (χ0n) is 6.34. The smallest absolute Gasteiger partial charge is 0.894 e. The molecule has 0 bridgehead atoms. The minimum absolute atomic E-state index is 0. The second-order valence-corrected chi connectivity index (χ2v) is 3.00. The number of hydrogen-bond donors (Lipinski definition) is 0. The van der Waals surface area contributed by atoms with E-state index in [0.29, 0.717) is 0 Å². The van der Waals surface area contributed by atoms with Gasteiger partial charge in [-0.1, -0.05) is 0 Å². The van der Waals surface area contributed by atoms with Crippen LogP contribution >= 0.6 is 0 Å². The van der Waals surface area contributed by atoms with Crippen molar-refractivity contribution in [2.45, 2.75) is 0 Å². The van der Waals surface area contributed by atoms with Gasteiger partial charge in [0.15, 0.2) is 0 Å². The third-order valence-corrected chi connectivity index (χ3v) is 0. The minimum Gasteiger partial charge on any atom is -0.894 e. The minimum atomic E-state index is -5.61. The number of hydrogen-bond acceptors (Lipinski definition) is 8. The van der Waals surface area contributed by atoms with Crippen molar-refractivity contribution in [1.82, 2.24) is 0 Å². The van der Waals surface area contributed by atoms with Crippen molar-refractivity contribution in [2.75, 3.05) is 0 Å². The Hall–Kier alpha value is 2.87. The Morgan fingerprint density at radius 1 is 0.538 bits per heavy atom. The molecule has 13 heavy (non-hydrogen) atoms. The van der Waals surface area contributed by atoms with Gasteiger partial charge in [-0.3, -0.25) is 0 Å². The molecule has 13 heteroatoms. The van der Waals surface area contributed by atoms with E-state index in [9.17, 15) is 0 Å². The Kier molecular flexibility index (Phi) is 29.5. The molecular weight excluding hydrogens is 343 g/mol. The third-order valence-electron chi connectivity index (χ3n) is 0. The van der Waals surface area contributed by atoms with E-state index in [1.165, 1.54) is 0 Å². The molecule has 0 fully saturated rings. The van der Waals surface area contributed by atoms with Crippen LogP contribution in [0, 0.1) is 0 Å². The molecule has 0 amide bonds. The molecule has 64 valence electrons. The van der Waals surface area contributed by atoms with Gasteiger partial charge in [0.25, 0.3) is 0 Å². The molecular formula is NaO8ScSi2Zr. The standard InChI is InChI=1S/Na.2O4Si.Sc.Zr/c;2*1-5(2,3)4;;/q+1;2*-4;+3;+4. The predicted molar refractivity (Wildman–Crippen MR) is 11.5 cm³/mol. The zero-order valence-corrected chi connectivity index (χ0v) is 14.6. The van der Waals surface area contributed by atoms with E-state index in [-0.39, 0.29) is 81.6 Å². The fourth-order valence-electron chi connectivity index (χ4n) is 0. The van der Waals surface area contributed by atoms with E-state index in [1.807, 2.05) is 0 Å². The summed E-state index contributed by atoms with van der Waals surface area (Å²) in [6.45, 7) is 0. The van der Waals surface area contributed by atoms with Crippen molar-refractivity contribution in [2.24, 2.45) is 0 Å². The van der Waals surface area contributed by atoms with Gasteiger partial charge in [-0.2, -0.15) is 0 Å². The van der Waals surface area contributed by atoms with Crippen molar-refractivity contribution in [3.63, 3.8) is 0 Å². The van der Waals surface area contributed by atoms with Gasteiger partial charge in [0, 0.05) is 0 Å². The predicted octanol–water partition coefficient (Wildman–Crippen LogP) is -13.3. The monoisotopic (exact) mass is 342 g/mol. The van der Waals surface area contributed by atoms with Crippen molar-refractivity contribution >= 4 is 18.1 Å². The number of rotatable bonds is 0. The van der Waals surface area contributed by atoms with E-state index < -0.39 is 18.1 Å². The molecule has 0 rings (SSSR count). The van der Waals surface area contributed by atoms with Crippen LogP contribution in [0.25, 0.3) is 0 Å². The van der Waals surface area contributed by atoms with Crippen LogP contribution in [0.1, 0.15) is 0 Å². The van der Waals surface area contributed by atoms with Crippen molar-refractivity contribution in [3.05, 3.63) is 0 Å². The van der Waals surface area contributed by atoms with Gasteiger partial charge in [-0.25, -0.2) is 0 Å². The average molecular weight is 343 g/mol. The van der Waals surface area contributed by atoms with E-state index in [0.717, 1.165) is 0 Å². The van der Waals surface area contributed by atoms with E-state index in [2.05, 4.69) is 0 Å². The summed E-state index contributed by atoms with van der Waals surface area (Å²) in [5, 5.41) is 0. The molecule has 0 aliphatic heterocycles. The van der Waals surface area contributed by atoms with E-state index in [1.54, 1.807) is 0 Å². The molecule has 0 N–H and O–H groups in total. The first-order valence-electron chi connectivity index (χ1n) is 1.63. The first-order valence-corrected chi connectivity index (χ1v) is 4.90. The zero-order chi connectivity index (χ0) is 9.00. The first-order chi connectivity index (χ1) is 4.00. The first kappa shape index (κ1) is 29.7. The van der Waals surface area contributed by atoms with Crippen LogP contribution in [0.15, 0.2) is 0 Å². The van der Waals surface area contributed by atoms with Gasteiger partial charge in [-0.15, -0.1) is 0 Å². The molecule has 0 aromatic heterocycles. The normalized spacial score (nSPS) is 9.23. The second-order valence-electron chi connectivity index (χ2n) is 1.00. The Labute approximate surface area is 136 Å². The SMILES string of the molecule is [Na+].[O-][Si]([O-])([O-])[O-].[O-][Si]([O-])([O-])[O-].[Sc+3].[Zr+4]. The van der Waals surface area contributed by atoms with Crippen LogP contribution in [0.5, 0.6) is 0 Å². The Morgan fingerprint density at radius 2 is 0.538 bits per heavy atom. The fourth-order valence-corrected chi connectivity index (χ4v) is 0. The maximum atomic E-state index is 8.58. The van der Waals surface area contributed by atoms with Crippen molar-refractivity contribution < 1.29 is 120 Å². The Morgan fingerprint density at radius 3 is 0.538 bits per heavy atom. The van der Waals surface area contributed by atoms with Gasteiger partial charge >= 0.3 is 81.6 Å². The summed E-state index contributed by atoms with van der Waals surface area (Å²) >= 11 is 0. The molecule has 0 saturated carbocycles. The van der Waals surface area contributed by atoms with E-state index >= 15 is 0 Å². The Bertz CT molecular complexity index is 65.1. The fraction of sp³-hybridized carbons (Fsp3) is 0. The van der Waals surface area contributed by atoms with Gasteiger partial charge < -0.3 is 56.5 Å². The molecule has 8 nitrogen and oxygen atoms in total. The van der Waals surface area contributed by atoms with Crippen LogP contribution in [0.3, 0.4) is 0 Å². The quantitative estimate of drug-likeness (QED) is 0.388. The van der Waals surface area contributed by atoms with Crippen LogP contribution in [0.4, 0.5) is 0 Å². The molecule has 0 aliphatic rings. The average Bonchev–Trinajstić information content (AvgIpc) is 1.12. The summed E-state index contributed by atoms with van der Waals surface area (Å²) in [7, 11) is -11.2. The van der Waals surface area contributed by atoms with Crippen molar-refractivity contribution in [3.8, 4) is 0 Å². The second kappa shape index (κ2) is 12.9. The maximum absolute atomic E-state index is 8.58. The molecule has 0 unspecified atom stereocenters. The summed E-state index contributed by atoms with van der Waals surface area (Å²) in [6.07, 6.45) is 0. The van der Waals surface area contributed by atoms with E-state index in [4.69, 9.17) is 38.4 Å². The van der Waals surface area contributed by atoms with Crippen molar-refractivity contribution in [1.29, 1.82) is 0 Å². The van der Waals surface area contributed by atoms with Gasteiger partial charge in [0.05, 0.1) is 0 Å². The van der Waals surface area contributed by atoms with Crippen LogP contribution < -0.4 is 67.9 Å². The summed E-state index contributed by atoms with van der Waals surface area (Å²) < 4.78 is 0. The molecule has 0 saturated heterocycles. The maximum Gasteiger partial charge on any atom is 4.00 e. The van der Waals surface area contributed by atoms with Crippen LogP contribution in [0.2, 0.25) is 0 Å². The molecule has 0 heterocycles. The third kappa shape index (κ3) is 299. The molecule has 0 aromatic rings.